The minimum atomic E-state index is -0.833. The first-order chi connectivity index (χ1) is 5.50. The number of unbranched alkanes of at least 4 members (excludes halogenated alkanes) is 2. The minimum Gasteiger partial charge on any atom is -0.513 e. The average molecular weight is 174 g/mol. The Hall–Kier alpha value is -0.990. The third kappa shape index (κ3) is 36.0. The fourth-order valence-electron chi connectivity index (χ4n) is 0.579. The van der Waals surface area contributed by atoms with Crippen LogP contribution in [0.25, 0.3) is 0 Å². The molecule has 0 saturated heterocycles. The smallest absolute Gasteiger partial charge is 0.300 e. The van der Waals surface area contributed by atoms with Gasteiger partial charge in [0.1, 0.15) is 0 Å². The number of allylic oxidation sites excluding steroid dienone is 1. The molecule has 0 rings (SSSR count). The Labute approximate surface area is 73.7 Å². The molecule has 0 atom stereocenters. The SMILES string of the molecule is C=C(O)CCCCC.CC(=O)O. The summed E-state index contributed by atoms with van der Waals surface area (Å²) < 4.78 is 0. The van der Waals surface area contributed by atoms with Gasteiger partial charge in [-0.3, -0.25) is 4.79 Å². The van der Waals surface area contributed by atoms with Crippen molar-refractivity contribution < 1.29 is 15.0 Å². The first-order valence-electron chi connectivity index (χ1n) is 4.07. The molecule has 0 saturated carbocycles. The molecule has 0 aromatic heterocycles. The second-order valence-electron chi connectivity index (χ2n) is 2.54. The van der Waals surface area contributed by atoms with Crippen LogP contribution in [0.1, 0.15) is 39.5 Å². The summed E-state index contributed by atoms with van der Waals surface area (Å²) in [6.07, 6.45) is 4.24. The Morgan fingerprint density at radius 3 is 2.00 bits per heavy atom. The summed E-state index contributed by atoms with van der Waals surface area (Å²) in [5.41, 5.74) is 0. The number of rotatable bonds is 4. The third-order valence-electron chi connectivity index (χ3n) is 1.07. The van der Waals surface area contributed by atoms with Gasteiger partial charge in [0.15, 0.2) is 0 Å². The van der Waals surface area contributed by atoms with E-state index in [0.29, 0.717) is 5.76 Å². The van der Waals surface area contributed by atoms with Gasteiger partial charge in [-0.1, -0.05) is 26.3 Å². The fourth-order valence-corrected chi connectivity index (χ4v) is 0.579. The van der Waals surface area contributed by atoms with Crippen LogP contribution in [0.3, 0.4) is 0 Å². The maximum Gasteiger partial charge on any atom is 0.300 e. The van der Waals surface area contributed by atoms with E-state index in [2.05, 4.69) is 13.5 Å². The van der Waals surface area contributed by atoms with Gasteiger partial charge in [-0.2, -0.15) is 0 Å². The van der Waals surface area contributed by atoms with E-state index in [4.69, 9.17) is 15.0 Å². The lowest BCUT2D eigenvalue weighted by Gasteiger charge is -1.93. The highest BCUT2D eigenvalue weighted by atomic mass is 16.4. The van der Waals surface area contributed by atoms with Gasteiger partial charge in [0.2, 0.25) is 0 Å². The number of aliphatic carboxylic acids is 1. The number of carboxylic acids is 1. The van der Waals surface area contributed by atoms with Crippen molar-refractivity contribution in [3.05, 3.63) is 12.3 Å². The summed E-state index contributed by atoms with van der Waals surface area (Å²) in [6.45, 7) is 6.60. The molecular weight excluding hydrogens is 156 g/mol. The van der Waals surface area contributed by atoms with Gasteiger partial charge in [0.25, 0.3) is 5.97 Å². The van der Waals surface area contributed by atoms with Crippen molar-refractivity contribution in [3.8, 4) is 0 Å². The van der Waals surface area contributed by atoms with Crippen LogP contribution in [0.4, 0.5) is 0 Å². The second-order valence-corrected chi connectivity index (χ2v) is 2.54. The minimum absolute atomic E-state index is 0.318. The normalized spacial score (nSPS) is 8.17. The second kappa shape index (κ2) is 10.0. The maximum absolute atomic E-state index is 9.00. The Bertz CT molecular complexity index is 126. The van der Waals surface area contributed by atoms with Crippen LogP contribution in [-0.2, 0) is 4.79 Å². The topological polar surface area (TPSA) is 57.5 Å². The molecule has 0 aliphatic carbocycles. The molecule has 0 aromatic rings. The Balaban J connectivity index is 0. The van der Waals surface area contributed by atoms with E-state index < -0.39 is 5.97 Å². The first kappa shape index (κ1) is 13.6. The van der Waals surface area contributed by atoms with Crippen molar-refractivity contribution in [1.82, 2.24) is 0 Å². The van der Waals surface area contributed by atoms with E-state index in [-0.39, 0.29) is 0 Å². The van der Waals surface area contributed by atoms with Crippen molar-refractivity contribution in [1.29, 1.82) is 0 Å². The van der Waals surface area contributed by atoms with E-state index in [1.165, 1.54) is 12.8 Å². The lowest BCUT2D eigenvalue weighted by Crippen LogP contribution is -1.78. The van der Waals surface area contributed by atoms with Crippen LogP contribution in [0.5, 0.6) is 0 Å². The zero-order valence-electron chi connectivity index (χ0n) is 7.84. The van der Waals surface area contributed by atoms with Gasteiger partial charge in [-0.15, -0.1) is 0 Å². The quantitative estimate of drug-likeness (QED) is 0.509. The van der Waals surface area contributed by atoms with Crippen molar-refractivity contribution in [2.75, 3.05) is 0 Å². The predicted octanol–water partition coefficient (Wildman–Crippen LogP) is 2.73. The number of hydrogen-bond acceptors (Lipinski definition) is 2. The van der Waals surface area contributed by atoms with Crippen LogP contribution in [0, 0.1) is 0 Å². The number of carboxylic acid groups (broad SMARTS) is 1. The standard InChI is InChI=1S/C7H14O.C2H4O2/c1-3-4-5-6-7(2)8;1-2(3)4/h8H,2-6H2,1H3;1H3,(H,3,4). The van der Waals surface area contributed by atoms with Crippen LogP contribution in [0.15, 0.2) is 12.3 Å². The molecule has 0 bridgehead atoms. The molecule has 0 aliphatic heterocycles. The molecule has 3 heteroatoms. The number of aliphatic hydroxyl groups is 1. The van der Waals surface area contributed by atoms with Crippen LogP contribution in [-0.4, -0.2) is 16.2 Å². The fraction of sp³-hybridized carbons (Fsp3) is 0.667. The lowest BCUT2D eigenvalue weighted by molar-refractivity contribution is -0.134. The highest BCUT2D eigenvalue weighted by Crippen LogP contribution is 2.02. The summed E-state index contributed by atoms with van der Waals surface area (Å²) in [5, 5.41) is 16.0. The molecule has 0 aliphatic rings. The molecular formula is C9H18O3. The summed E-state index contributed by atoms with van der Waals surface area (Å²) in [7, 11) is 0. The van der Waals surface area contributed by atoms with Crippen molar-refractivity contribution in [3.63, 3.8) is 0 Å². The van der Waals surface area contributed by atoms with E-state index in [1.807, 2.05) is 0 Å². The Morgan fingerprint density at radius 2 is 1.75 bits per heavy atom. The van der Waals surface area contributed by atoms with E-state index in [9.17, 15) is 0 Å². The van der Waals surface area contributed by atoms with E-state index in [0.717, 1.165) is 19.8 Å². The van der Waals surface area contributed by atoms with Gasteiger partial charge in [-0.25, -0.2) is 0 Å². The lowest BCUT2D eigenvalue weighted by atomic mass is 10.2. The van der Waals surface area contributed by atoms with Crippen LogP contribution in [0.2, 0.25) is 0 Å². The zero-order chi connectivity index (χ0) is 9.98. The molecule has 0 spiro atoms. The van der Waals surface area contributed by atoms with Gasteiger partial charge in [0, 0.05) is 13.3 Å². The molecule has 3 nitrogen and oxygen atoms in total. The van der Waals surface area contributed by atoms with Gasteiger partial charge < -0.3 is 10.2 Å². The number of hydrogen-bond donors (Lipinski definition) is 2. The van der Waals surface area contributed by atoms with E-state index >= 15 is 0 Å². The van der Waals surface area contributed by atoms with Crippen molar-refractivity contribution in [2.45, 2.75) is 39.5 Å². The molecule has 12 heavy (non-hydrogen) atoms. The molecule has 0 fully saturated rings. The molecule has 0 radical (unpaired) electrons. The number of carbonyl (C=O) groups is 1. The van der Waals surface area contributed by atoms with Crippen molar-refractivity contribution in [2.24, 2.45) is 0 Å². The van der Waals surface area contributed by atoms with Gasteiger partial charge >= 0.3 is 0 Å². The monoisotopic (exact) mass is 174 g/mol. The van der Waals surface area contributed by atoms with Crippen LogP contribution >= 0.6 is 0 Å². The van der Waals surface area contributed by atoms with E-state index in [1.54, 1.807) is 0 Å². The van der Waals surface area contributed by atoms with Crippen molar-refractivity contribution >= 4 is 5.97 Å². The summed E-state index contributed by atoms with van der Waals surface area (Å²) in [5.74, 6) is -0.515. The maximum atomic E-state index is 9.00. The summed E-state index contributed by atoms with van der Waals surface area (Å²) in [6, 6.07) is 0. The highest BCUT2D eigenvalue weighted by Gasteiger charge is 1.86. The average Bonchev–Trinajstić information content (AvgIpc) is 1.86. The predicted molar refractivity (Wildman–Crippen MR) is 49.2 cm³/mol. The molecule has 2 N–H and O–H groups in total. The van der Waals surface area contributed by atoms with Crippen LogP contribution < -0.4 is 0 Å². The number of aliphatic hydroxyl groups excluding tert-OH is 1. The largest absolute Gasteiger partial charge is 0.513 e. The molecule has 0 heterocycles. The molecule has 0 amide bonds. The summed E-state index contributed by atoms with van der Waals surface area (Å²) in [4.78, 5) is 9.00. The third-order valence-corrected chi connectivity index (χ3v) is 1.07. The summed E-state index contributed by atoms with van der Waals surface area (Å²) >= 11 is 0. The highest BCUT2D eigenvalue weighted by molar-refractivity contribution is 5.62. The van der Waals surface area contributed by atoms with Gasteiger partial charge in [0.05, 0.1) is 5.76 Å². The Kier molecular flexibility index (Phi) is 11.3. The first-order valence-corrected chi connectivity index (χ1v) is 4.07. The Morgan fingerprint density at radius 1 is 1.33 bits per heavy atom. The molecule has 0 unspecified atom stereocenters. The van der Waals surface area contributed by atoms with Gasteiger partial charge in [-0.05, 0) is 6.42 Å². The molecule has 0 aromatic carbocycles. The zero-order valence-corrected chi connectivity index (χ0v) is 7.84. The molecule has 72 valence electrons.